The van der Waals surface area contributed by atoms with Gasteiger partial charge in [0, 0.05) is 0 Å². The van der Waals surface area contributed by atoms with Gasteiger partial charge in [0.15, 0.2) is 0 Å². The fourth-order valence-electron chi connectivity index (χ4n) is 0.430. The van der Waals surface area contributed by atoms with Crippen LogP contribution in [0.25, 0.3) is 0 Å². The molecule has 0 aromatic heterocycles. The van der Waals surface area contributed by atoms with Gasteiger partial charge in [-0.3, -0.25) is 5.01 Å². The van der Waals surface area contributed by atoms with Crippen molar-refractivity contribution in [2.24, 2.45) is 5.29 Å². The zero-order valence-corrected chi connectivity index (χ0v) is 5.16. The summed E-state index contributed by atoms with van der Waals surface area (Å²) >= 11 is 0. The second kappa shape index (κ2) is 5.24. The number of aliphatic hydroxyl groups is 1. The standard InChI is InChI=1S/C5H10N2O2/c1-2-3-7(6-9)4-5-8/h2,8H,1,3-5H2. The number of rotatable bonds is 5. The van der Waals surface area contributed by atoms with Gasteiger partial charge in [-0.25, -0.2) is 0 Å². The molecular formula is C5H10N2O2. The third kappa shape index (κ3) is 3.66. The third-order valence-electron chi connectivity index (χ3n) is 0.813. The van der Waals surface area contributed by atoms with Crippen molar-refractivity contribution in [1.82, 2.24) is 5.01 Å². The van der Waals surface area contributed by atoms with Gasteiger partial charge in [0.2, 0.25) is 0 Å². The minimum atomic E-state index is -0.0560. The normalized spacial score (nSPS) is 8.56. The number of hydrogen-bond acceptors (Lipinski definition) is 3. The van der Waals surface area contributed by atoms with E-state index in [1.807, 2.05) is 0 Å². The van der Waals surface area contributed by atoms with Crippen LogP contribution in [0.4, 0.5) is 0 Å². The maximum atomic E-state index is 9.80. The minimum Gasteiger partial charge on any atom is -0.394 e. The van der Waals surface area contributed by atoms with Crippen molar-refractivity contribution in [2.45, 2.75) is 0 Å². The zero-order valence-electron chi connectivity index (χ0n) is 5.16. The predicted octanol–water partition coefficient (Wildman–Crippen LogP) is 0.148. The van der Waals surface area contributed by atoms with Crippen molar-refractivity contribution in [3.8, 4) is 0 Å². The van der Waals surface area contributed by atoms with Gasteiger partial charge in [0.1, 0.15) is 0 Å². The predicted molar refractivity (Wildman–Crippen MR) is 34.7 cm³/mol. The average molecular weight is 130 g/mol. The lowest BCUT2D eigenvalue weighted by Crippen LogP contribution is -2.20. The van der Waals surface area contributed by atoms with E-state index < -0.39 is 0 Å². The molecule has 0 saturated heterocycles. The van der Waals surface area contributed by atoms with Crippen LogP contribution < -0.4 is 0 Å². The van der Waals surface area contributed by atoms with E-state index in [0.717, 1.165) is 0 Å². The van der Waals surface area contributed by atoms with E-state index in [1.54, 1.807) is 6.08 Å². The maximum absolute atomic E-state index is 9.80. The first kappa shape index (κ1) is 8.10. The molecule has 52 valence electrons. The molecule has 0 aromatic rings. The fraction of sp³-hybridized carbons (Fsp3) is 0.600. The Bertz CT molecular complexity index is 95.0. The van der Waals surface area contributed by atoms with Gasteiger partial charge in [-0.1, -0.05) is 6.08 Å². The summed E-state index contributed by atoms with van der Waals surface area (Å²) in [4.78, 5) is 9.80. The fourth-order valence-corrected chi connectivity index (χ4v) is 0.430. The van der Waals surface area contributed by atoms with Crippen LogP contribution in [0.3, 0.4) is 0 Å². The molecule has 0 saturated carbocycles. The lowest BCUT2D eigenvalue weighted by molar-refractivity contribution is 0.212. The first-order valence-corrected chi connectivity index (χ1v) is 2.65. The Kier molecular flexibility index (Phi) is 4.72. The number of hydrogen-bond donors (Lipinski definition) is 1. The molecule has 0 bridgehead atoms. The van der Waals surface area contributed by atoms with Crippen LogP contribution in [-0.2, 0) is 0 Å². The second-order valence-electron chi connectivity index (χ2n) is 1.51. The molecule has 0 unspecified atom stereocenters. The largest absolute Gasteiger partial charge is 0.394 e. The van der Waals surface area contributed by atoms with E-state index in [-0.39, 0.29) is 13.2 Å². The molecule has 4 nitrogen and oxygen atoms in total. The SMILES string of the molecule is C=CCN(CCO)N=O. The van der Waals surface area contributed by atoms with Crippen LogP contribution in [0.5, 0.6) is 0 Å². The van der Waals surface area contributed by atoms with Crippen molar-refractivity contribution in [3.63, 3.8) is 0 Å². The van der Waals surface area contributed by atoms with Crippen molar-refractivity contribution in [3.05, 3.63) is 17.6 Å². The summed E-state index contributed by atoms with van der Waals surface area (Å²) in [5.74, 6) is 0. The summed E-state index contributed by atoms with van der Waals surface area (Å²) in [5, 5.41) is 12.1. The molecule has 0 amide bonds. The van der Waals surface area contributed by atoms with Crippen LogP contribution in [0.15, 0.2) is 17.9 Å². The summed E-state index contributed by atoms with van der Waals surface area (Å²) in [7, 11) is 0. The van der Waals surface area contributed by atoms with E-state index >= 15 is 0 Å². The Hall–Kier alpha value is -0.900. The number of aliphatic hydroxyl groups excluding tert-OH is 1. The summed E-state index contributed by atoms with van der Waals surface area (Å²) in [6.07, 6.45) is 1.55. The van der Waals surface area contributed by atoms with Crippen molar-refractivity contribution < 1.29 is 5.11 Å². The highest BCUT2D eigenvalue weighted by atomic mass is 16.3. The topological polar surface area (TPSA) is 52.9 Å². The summed E-state index contributed by atoms with van der Waals surface area (Å²) in [6.45, 7) is 4.02. The van der Waals surface area contributed by atoms with Crippen LogP contribution in [-0.4, -0.2) is 29.8 Å². The smallest absolute Gasteiger partial charge is 0.0627 e. The molecule has 0 aliphatic heterocycles. The Morgan fingerprint density at radius 2 is 2.44 bits per heavy atom. The molecule has 0 fully saturated rings. The number of nitrogens with zero attached hydrogens (tertiary/aromatic N) is 2. The Morgan fingerprint density at radius 1 is 1.78 bits per heavy atom. The summed E-state index contributed by atoms with van der Waals surface area (Å²) in [6, 6.07) is 0. The molecule has 0 spiro atoms. The van der Waals surface area contributed by atoms with E-state index in [4.69, 9.17) is 5.11 Å². The summed E-state index contributed by atoms with van der Waals surface area (Å²) < 4.78 is 0. The molecule has 0 radical (unpaired) electrons. The molecule has 0 atom stereocenters. The van der Waals surface area contributed by atoms with Crippen LogP contribution in [0, 0.1) is 4.91 Å². The first-order chi connectivity index (χ1) is 4.35. The van der Waals surface area contributed by atoms with Gasteiger partial charge in [0.05, 0.1) is 25.0 Å². The highest BCUT2D eigenvalue weighted by molar-refractivity contribution is 4.70. The van der Waals surface area contributed by atoms with Gasteiger partial charge in [0.25, 0.3) is 0 Å². The number of nitroso groups, excluding NO2 is 1. The molecular weight excluding hydrogens is 120 g/mol. The van der Waals surface area contributed by atoms with Crippen LogP contribution >= 0.6 is 0 Å². The lowest BCUT2D eigenvalue weighted by Gasteiger charge is -2.08. The monoisotopic (exact) mass is 130 g/mol. The Labute approximate surface area is 53.7 Å². The van der Waals surface area contributed by atoms with Crippen molar-refractivity contribution >= 4 is 0 Å². The van der Waals surface area contributed by atoms with E-state index in [2.05, 4.69) is 11.9 Å². The average Bonchev–Trinajstić information content (AvgIpc) is 1.88. The molecule has 1 N–H and O–H groups in total. The molecule has 0 aromatic carbocycles. The molecule has 0 heterocycles. The highest BCUT2D eigenvalue weighted by Crippen LogP contribution is 1.85. The van der Waals surface area contributed by atoms with Crippen LogP contribution in [0.2, 0.25) is 0 Å². The molecule has 0 aliphatic rings. The lowest BCUT2D eigenvalue weighted by atomic mass is 10.5. The molecule has 0 rings (SSSR count). The third-order valence-corrected chi connectivity index (χ3v) is 0.813. The van der Waals surface area contributed by atoms with E-state index in [1.165, 1.54) is 5.01 Å². The highest BCUT2D eigenvalue weighted by Gasteiger charge is 1.95. The molecule has 9 heavy (non-hydrogen) atoms. The molecule has 4 heteroatoms. The van der Waals surface area contributed by atoms with Gasteiger partial charge >= 0.3 is 0 Å². The molecule has 0 aliphatic carbocycles. The van der Waals surface area contributed by atoms with Gasteiger partial charge in [-0.05, 0) is 0 Å². The summed E-state index contributed by atoms with van der Waals surface area (Å²) in [5.41, 5.74) is 0. The Morgan fingerprint density at radius 3 is 2.78 bits per heavy atom. The zero-order chi connectivity index (χ0) is 7.11. The van der Waals surface area contributed by atoms with Crippen LogP contribution in [0.1, 0.15) is 0 Å². The van der Waals surface area contributed by atoms with Gasteiger partial charge < -0.3 is 5.11 Å². The van der Waals surface area contributed by atoms with Gasteiger partial charge in [-0.2, -0.15) is 0 Å². The maximum Gasteiger partial charge on any atom is 0.0627 e. The first-order valence-electron chi connectivity index (χ1n) is 2.65. The second-order valence-corrected chi connectivity index (χ2v) is 1.51. The van der Waals surface area contributed by atoms with Gasteiger partial charge in [-0.15, -0.1) is 11.5 Å². The van der Waals surface area contributed by atoms with Crippen molar-refractivity contribution in [2.75, 3.05) is 19.7 Å². The minimum absolute atomic E-state index is 0.0560. The van der Waals surface area contributed by atoms with Crippen molar-refractivity contribution in [1.29, 1.82) is 0 Å². The quantitative estimate of drug-likeness (QED) is 0.327. The van der Waals surface area contributed by atoms with E-state index in [9.17, 15) is 4.91 Å². The van der Waals surface area contributed by atoms with E-state index in [0.29, 0.717) is 6.54 Å². The Balaban J connectivity index is 3.40.